The summed E-state index contributed by atoms with van der Waals surface area (Å²) in [7, 11) is 1.80. The molecule has 1 heterocycles. The predicted octanol–water partition coefficient (Wildman–Crippen LogP) is 4.08. The highest BCUT2D eigenvalue weighted by Crippen LogP contribution is 2.29. The van der Waals surface area contributed by atoms with Crippen molar-refractivity contribution in [3.63, 3.8) is 0 Å². The minimum Gasteiger partial charge on any atom is -0.381 e. The maximum Gasteiger partial charge on any atom is 0.222 e. The number of hydrogen-bond acceptors (Lipinski definition) is 3. The van der Waals surface area contributed by atoms with Crippen LogP contribution in [0.15, 0.2) is 17.5 Å². The zero-order valence-electron chi connectivity index (χ0n) is 13.2. The molecule has 0 saturated heterocycles. The Morgan fingerprint density at radius 1 is 1.38 bits per heavy atom. The van der Waals surface area contributed by atoms with E-state index < -0.39 is 0 Å². The average molecular weight is 309 g/mol. The van der Waals surface area contributed by atoms with Crippen molar-refractivity contribution in [2.75, 3.05) is 13.7 Å². The molecule has 1 aliphatic rings. The van der Waals surface area contributed by atoms with E-state index in [1.807, 2.05) is 11.0 Å². The van der Waals surface area contributed by atoms with Gasteiger partial charge in [0.2, 0.25) is 5.91 Å². The standard InChI is InChI=1S/C17H27NO2S/c1-3-18(13-16-5-4-12-21-16)17(19)11-8-14-6-9-15(20-2)10-7-14/h4-5,12,14-15H,3,6-11,13H2,1-2H3. The molecule has 0 radical (unpaired) electrons. The molecule has 1 aliphatic carbocycles. The predicted molar refractivity (Wildman–Crippen MR) is 87.4 cm³/mol. The van der Waals surface area contributed by atoms with Crippen molar-refractivity contribution in [3.8, 4) is 0 Å². The van der Waals surface area contributed by atoms with Crippen molar-refractivity contribution >= 4 is 17.2 Å². The molecule has 3 nitrogen and oxygen atoms in total. The van der Waals surface area contributed by atoms with E-state index in [-0.39, 0.29) is 0 Å². The normalized spacial score (nSPS) is 22.2. The van der Waals surface area contributed by atoms with E-state index in [4.69, 9.17) is 4.74 Å². The van der Waals surface area contributed by atoms with Crippen molar-refractivity contribution in [3.05, 3.63) is 22.4 Å². The van der Waals surface area contributed by atoms with Gasteiger partial charge in [-0.3, -0.25) is 4.79 Å². The highest BCUT2D eigenvalue weighted by atomic mass is 32.1. The molecule has 0 bridgehead atoms. The first-order valence-corrected chi connectivity index (χ1v) is 8.93. The fraction of sp³-hybridized carbons (Fsp3) is 0.706. The summed E-state index contributed by atoms with van der Waals surface area (Å²) in [5, 5.41) is 2.07. The molecule has 2 rings (SSSR count). The molecule has 0 N–H and O–H groups in total. The molecule has 1 aromatic heterocycles. The summed E-state index contributed by atoms with van der Waals surface area (Å²) >= 11 is 1.73. The highest BCUT2D eigenvalue weighted by molar-refractivity contribution is 7.09. The van der Waals surface area contributed by atoms with Crippen LogP contribution in [0, 0.1) is 5.92 Å². The molecule has 118 valence electrons. The number of nitrogens with zero attached hydrogens (tertiary/aromatic N) is 1. The van der Waals surface area contributed by atoms with Crippen LogP contribution in [0.4, 0.5) is 0 Å². The molecule has 1 fully saturated rings. The number of ether oxygens (including phenoxy) is 1. The van der Waals surface area contributed by atoms with Gasteiger partial charge in [0.05, 0.1) is 12.6 Å². The molecule has 0 spiro atoms. The smallest absolute Gasteiger partial charge is 0.222 e. The van der Waals surface area contributed by atoms with Crippen LogP contribution in [-0.2, 0) is 16.1 Å². The van der Waals surface area contributed by atoms with Crippen LogP contribution in [0.2, 0.25) is 0 Å². The minimum absolute atomic E-state index is 0.305. The summed E-state index contributed by atoms with van der Waals surface area (Å²) in [6.07, 6.45) is 6.91. The van der Waals surface area contributed by atoms with Gasteiger partial charge in [-0.25, -0.2) is 0 Å². The summed E-state index contributed by atoms with van der Waals surface area (Å²) in [6.45, 7) is 3.63. The van der Waals surface area contributed by atoms with Gasteiger partial charge in [0.15, 0.2) is 0 Å². The van der Waals surface area contributed by atoms with Gasteiger partial charge in [0, 0.05) is 25.0 Å². The third kappa shape index (κ3) is 5.11. The summed E-state index contributed by atoms with van der Waals surface area (Å²) < 4.78 is 5.41. The molecule has 0 atom stereocenters. The van der Waals surface area contributed by atoms with Crippen molar-refractivity contribution < 1.29 is 9.53 Å². The molecular weight excluding hydrogens is 282 g/mol. The first-order valence-electron chi connectivity index (χ1n) is 8.05. The summed E-state index contributed by atoms with van der Waals surface area (Å²) in [5.41, 5.74) is 0. The van der Waals surface area contributed by atoms with Crippen molar-refractivity contribution in [1.29, 1.82) is 0 Å². The lowest BCUT2D eigenvalue weighted by atomic mass is 9.84. The zero-order valence-corrected chi connectivity index (χ0v) is 14.0. The fourth-order valence-electron chi connectivity index (χ4n) is 3.11. The summed E-state index contributed by atoms with van der Waals surface area (Å²) in [6, 6.07) is 4.15. The number of carbonyl (C=O) groups is 1. The second-order valence-electron chi connectivity index (χ2n) is 5.90. The van der Waals surface area contributed by atoms with Crippen LogP contribution in [0.25, 0.3) is 0 Å². The molecule has 0 aromatic carbocycles. The van der Waals surface area contributed by atoms with E-state index in [9.17, 15) is 4.79 Å². The van der Waals surface area contributed by atoms with Gasteiger partial charge in [0.25, 0.3) is 0 Å². The van der Waals surface area contributed by atoms with Crippen LogP contribution >= 0.6 is 11.3 Å². The second-order valence-corrected chi connectivity index (χ2v) is 6.94. The first-order chi connectivity index (χ1) is 10.2. The number of thiophene rings is 1. The molecular formula is C17H27NO2S. The van der Waals surface area contributed by atoms with E-state index in [2.05, 4.69) is 18.4 Å². The second kappa shape index (κ2) is 8.54. The Morgan fingerprint density at radius 3 is 2.71 bits per heavy atom. The average Bonchev–Trinajstić information content (AvgIpc) is 3.03. The Hall–Kier alpha value is -0.870. The van der Waals surface area contributed by atoms with Crippen LogP contribution in [0.1, 0.15) is 50.3 Å². The van der Waals surface area contributed by atoms with Gasteiger partial charge >= 0.3 is 0 Å². The van der Waals surface area contributed by atoms with E-state index in [0.717, 1.165) is 32.4 Å². The van der Waals surface area contributed by atoms with Crippen molar-refractivity contribution in [1.82, 2.24) is 4.90 Å². The van der Waals surface area contributed by atoms with Gasteiger partial charge < -0.3 is 9.64 Å². The van der Waals surface area contributed by atoms with Crippen LogP contribution < -0.4 is 0 Å². The third-order valence-corrected chi connectivity index (χ3v) is 5.42. The van der Waals surface area contributed by atoms with E-state index in [0.29, 0.717) is 24.3 Å². The maximum absolute atomic E-state index is 12.4. The lowest BCUT2D eigenvalue weighted by molar-refractivity contribution is -0.132. The molecule has 1 saturated carbocycles. The van der Waals surface area contributed by atoms with E-state index >= 15 is 0 Å². The number of methoxy groups -OCH3 is 1. The van der Waals surface area contributed by atoms with Crippen LogP contribution in [0.3, 0.4) is 0 Å². The molecule has 1 aromatic rings. The Kier molecular flexibility index (Phi) is 6.71. The Balaban J connectivity index is 1.72. The van der Waals surface area contributed by atoms with E-state index in [1.165, 1.54) is 17.7 Å². The Morgan fingerprint density at radius 2 is 2.14 bits per heavy atom. The third-order valence-electron chi connectivity index (χ3n) is 4.55. The van der Waals surface area contributed by atoms with Crippen molar-refractivity contribution in [2.24, 2.45) is 5.92 Å². The monoisotopic (exact) mass is 309 g/mol. The van der Waals surface area contributed by atoms with Crippen LogP contribution in [-0.4, -0.2) is 30.6 Å². The molecule has 1 amide bonds. The number of hydrogen-bond donors (Lipinski definition) is 0. The Bertz CT molecular complexity index is 410. The minimum atomic E-state index is 0.305. The topological polar surface area (TPSA) is 29.5 Å². The van der Waals surface area contributed by atoms with Gasteiger partial charge in [-0.15, -0.1) is 11.3 Å². The van der Waals surface area contributed by atoms with Gasteiger partial charge in [-0.1, -0.05) is 6.07 Å². The number of rotatable bonds is 7. The van der Waals surface area contributed by atoms with E-state index in [1.54, 1.807) is 18.4 Å². The first kappa shape index (κ1) is 16.5. The van der Waals surface area contributed by atoms with Gasteiger partial charge in [-0.2, -0.15) is 0 Å². The zero-order chi connectivity index (χ0) is 15.1. The molecule has 0 unspecified atom stereocenters. The highest BCUT2D eigenvalue weighted by Gasteiger charge is 2.22. The fourth-order valence-corrected chi connectivity index (χ4v) is 3.83. The number of amides is 1. The quantitative estimate of drug-likeness (QED) is 0.759. The Labute approximate surface area is 132 Å². The van der Waals surface area contributed by atoms with Gasteiger partial charge in [-0.05, 0) is 56.4 Å². The van der Waals surface area contributed by atoms with Gasteiger partial charge in [0.1, 0.15) is 0 Å². The summed E-state index contributed by atoms with van der Waals surface area (Å²) in [4.78, 5) is 15.6. The lowest BCUT2D eigenvalue weighted by Gasteiger charge is -2.28. The molecule has 21 heavy (non-hydrogen) atoms. The number of carbonyl (C=O) groups excluding carboxylic acids is 1. The molecule has 0 aliphatic heterocycles. The lowest BCUT2D eigenvalue weighted by Crippen LogP contribution is -2.30. The maximum atomic E-state index is 12.4. The molecule has 4 heteroatoms. The van der Waals surface area contributed by atoms with Crippen LogP contribution in [0.5, 0.6) is 0 Å². The van der Waals surface area contributed by atoms with Crippen molar-refractivity contribution in [2.45, 2.75) is 58.1 Å². The largest absolute Gasteiger partial charge is 0.381 e. The SMILES string of the molecule is CCN(Cc1cccs1)C(=O)CCC1CCC(OC)CC1. The summed E-state index contributed by atoms with van der Waals surface area (Å²) in [5.74, 6) is 1.01.